The third-order valence-corrected chi connectivity index (χ3v) is 1.80. The number of esters is 1. The summed E-state index contributed by atoms with van der Waals surface area (Å²) in [7, 11) is 1.46. The minimum atomic E-state index is -0.540. The average Bonchev–Trinajstić information content (AvgIpc) is 2.26. The van der Waals surface area contributed by atoms with Crippen molar-refractivity contribution in [1.82, 2.24) is 0 Å². The molecule has 15 heavy (non-hydrogen) atoms. The fourth-order valence-electron chi connectivity index (χ4n) is 1.08. The van der Waals surface area contributed by atoms with E-state index in [4.69, 9.17) is 15.2 Å². The number of benzene rings is 1. The maximum absolute atomic E-state index is 12.9. The summed E-state index contributed by atoms with van der Waals surface area (Å²) >= 11 is 0. The fourth-order valence-corrected chi connectivity index (χ4v) is 1.08. The zero-order chi connectivity index (χ0) is 11.3. The van der Waals surface area contributed by atoms with Crippen LogP contribution in [0.2, 0.25) is 0 Å². The zero-order valence-electron chi connectivity index (χ0n) is 8.33. The molecule has 0 bridgehead atoms. The smallest absolute Gasteiger partial charge is 0.320 e. The quantitative estimate of drug-likeness (QED) is 0.753. The van der Waals surface area contributed by atoms with Crippen molar-refractivity contribution in [3.63, 3.8) is 0 Å². The molecule has 1 aromatic rings. The maximum Gasteiger partial charge on any atom is 0.320 e. The van der Waals surface area contributed by atoms with E-state index in [9.17, 15) is 9.18 Å². The van der Waals surface area contributed by atoms with Gasteiger partial charge in [0.2, 0.25) is 0 Å². The maximum atomic E-state index is 12.9. The summed E-state index contributed by atoms with van der Waals surface area (Å²) in [4.78, 5) is 10.8. The lowest BCUT2D eigenvalue weighted by molar-refractivity contribution is -0.143. The topological polar surface area (TPSA) is 61.5 Å². The van der Waals surface area contributed by atoms with Crippen LogP contribution in [0, 0.1) is 5.82 Å². The number of halogens is 1. The molecule has 0 aliphatic heterocycles. The zero-order valence-corrected chi connectivity index (χ0v) is 8.33. The van der Waals surface area contributed by atoms with E-state index in [2.05, 4.69) is 0 Å². The molecule has 1 rings (SSSR count). The first-order valence-corrected chi connectivity index (χ1v) is 4.35. The SMILES string of the molecule is COc1ccc(F)cc1COC(=O)CN. The van der Waals surface area contributed by atoms with Crippen LogP contribution >= 0.6 is 0 Å². The molecule has 0 aromatic heterocycles. The van der Waals surface area contributed by atoms with Gasteiger partial charge >= 0.3 is 5.97 Å². The third kappa shape index (κ3) is 3.21. The normalized spacial score (nSPS) is 9.80. The van der Waals surface area contributed by atoms with Gasteiger partial charge in [0.15, 0.2) is 0 Å². The average molecular weight is 213 g/mol. The lowest BCUT2D eigenvalue weighted by Crippen LogP contribution is -2.16. The van der Waals surface area contributed by atoms with E-state index in [-0.39, 0.29) is 13.2 Å². The number of carbonyl (C=O) groups excluding carboxylic acids is 1. The van der Waals surface area contributed by atoms with Gasteiger partial charge in [0.1, 0.15) is 18.2 Å². The van der Waals surface area contributed by atoms with Crippen molar-refractivity contribution in [3.05, 3.63) is 29.6 Å². The highest BCUT2D eigenvalue weighted by Crippen LogP contribution is 2.19. The highest BCUT2D eigenvalue weighted by Gasteiger charge is 2.07. The van der Waals surface area contributed by atoms with Crippen molar-refractivity contribution < 1.29 is 18.7 Å². The van der Waals surface area contributed by atoms with Crippen molar-refractivity contribution >= 4 is 5.97 Å². The second-order valence-corrected chi connectivity index (χ2v) is 2.82. The van der Waals surface area contributed by atoms with E-state index in [0.29, 0.717) is 11.3 Å². The van der Waals surface area contributed by atoms with E-state index in [0.717, 1.165) is 0 Å². The molecule has 0 fully saturated rings. The van der Waals surface area contributed by atoms with Crippen LogP contribution in [-0.4, -0.2) is 19.6 Å². The number of methoxy groups -OCH3 is 1. The Morgan fingerprint density at radius 3 is 2.87 bits per heavy atom. The number of nitrogens with two attached hydrogens (primary N) is 1. The molecule has 5 heteroatoms. The van der Waals surface area contributed by atoms with Crippen LogP contribution < -0.4 is 10.5 Å². The molecule has 0 amide bonds. The lowest BCUT2D eigenvalue weighted by atomic mass is 10.2. The van der Waals surface area contributed by atoms with Crippen LogP contribution in [0.15, 0.2) is 18.2 Å². The van der Waals surface area contributed by atoms with E-state index in [1.165, 1.54) is 25.3 Å². The van der Waals surface area contributed by atoms with E-state index in [1.807, 2.05) is 0 Å². The molecular formula is C10H12FNO3. The lowest BCUT2D eigenvalue weighted by Gasteiger charge is -2.08. The van der Waals surface area contributed by atoms with E-state index >= 15 is 0 Å². The molecule has 82 valence electrons. The number of hydrogen-bond donors (Lipinski definition) is 1. The van der Waals surface area contributed by atoms with Crippen molar-refractivity contribution in [2.75, 3.05) is 13.7 Å². The summed E-state index contributed by atoms with van der Waals surface area (Å²) < 4.78 is 22.6. The van der Waals surface area contributed by atoms with Crippen LogP contribution in [0.1, 0.15) is 5.56 Å². The molecule has 0 heterocycles. The predicted molar refractivity (Wildman–Crippen MR) is 51.8 cm³/mol. The van der Waals surface area contributed by atoms with Gasteiger partial charge in [-0.15, -0.1) is 0 Å². The molecule has 0 saturated carbocycles. The van der Waals surface area contributed by atoms with Crippen molar-refractivity contribution in [3.8, 4) is 5.75 Å². The van der Waals surface area contributed by atoms with Gasteiger partial charge in [-0.3, -0.25) is 4.79 Å². The molecule has 2 N–H and O–H groups in total. The molecule has 0 aliphatic carbocycles. The fraction of sp³-hybridized carbons (Fsp3) is 0.300. The highest BCUT2D eigenvalue weighted by molar-refractivity contribution is 5.71. The number of hydrogen-bond acceptors (Lipinski definition) is 4. The Bertz CT molecular complexity index is 355. The summed E-state index contributed by atoms with van der Waals surface area (Å²) in [5, 5.41) is 0. The Morgan fingerprint density at radius 2 is 2.27 bits per heavy atom. The summed E-state index contributed by atoms with van der Waals surface area (Å²) in [6.45, 7) is -0.241. The molecule has 0 atom stereocenters. The monoisotopic (exact) mass is 213 g/mol. The first-order chi connectivity index (χ1) is 7.17. The van der Waals surface area contributed by atoms with Gasteiger partial charge in [-0.05, 0) is 18.2 Å². The van der Waals surface area contributed by atoms with Crippen LogP contribution in [0.3, 0.4) is 0 Å². The van der Waals surface area contributed by atoms with E-state index in [1.54, 1.807) is 0 Å². The Hall–Kier alpha value is -1.62. The van der Waals surface area contributed by atoms with Gasteiger partial charge < -0.3 is 15.2 Å². The molecule has 4 nitrogen and oxygen atoms in total. The van der Waals surface area contributed by atoms with Gasteiger partial charge in [-0.25, -0.2) is 4.39 Å². The van der Waals surface area contributed by atoms with Crippen molar-refractivity contribution in [2.45, 2.75) is 6.61 Å². The number of carbonyl (C=O) groups is 1. The molecule has 1 aromatic carbocycles. The van der Waals surface area contributed by atoms with Crippen molar-refractivity contribution in [2.24, 2.45) is 5.73 Å². The third-order valence-electron chi connectivity index (χ3n) is 1.80. The van der Waals surface area contributed by atoms with Gasteiger partial charge in [-0.1, -0.05) is 0 Å². The Labute approximate surface area is 86.8 Å². The molecule has 0 unspecified atom stereocenters. The summed E-state index contributed by atoms with van der Waals surface area (Å²) in [5.41, 5.74) is 5.53. The van der Waals surface area contributed by atoms with Gasteiger partial charge in [0.25, 0.3) is 0 Å². The van der Waals surface area contributed by atoms with Crippen molar-refractivity contribution in [1.29, 1.82) is 0 Å². The number of ether oxygens (including phenoxy) is 2. The van der Waals surface area contributed by atoms with Crippen LogP contribution in [0.4, 0.5) is 4.39 Å². The summed E-state index contributed by atoms with van der Waals surface area (Å²) in [5.74, 6) is -0.475. The van der Waals surface area contributed by atoms with E-state index < -0.39 is 11.8 Å². The molecule has 0 aliphatic rings. The second-order valence-electron chi connectivity index (χ2n) is 2.82. The Balaban J connectivity index is 2.74. The number of rotatable bonds is 4. The largest absolute Gasteiger partial charge is 0.496 e. The predicted octanol–water partition coefficient (Wildman–Crippen LogP) is 0.836. The highest BCUT2D eigenvalue weighted by atomic mass is 19.1. The first kappa shape index (κ1) is 11.5. The van der Waals surface area contributed by atoms with Gasteiger partial charge in [0.05, 0.1) is 13.7 Å². The standard InChI is InChI=1S/C10H12FNO3/c1-14-9-3-2-8(11)4-7(9)6-15-10(13)5-12/h2-4H,5-6,12H2,1H3. The minimum Gasteiger partial charge on any atom is -0.496 e. The van der Waals surface area contributed by atoms with Crippen LogP contribution in [0.25, 0.3) is 0 Å². The van der Waals surface area contributed by atoms with Crippen LogP contribution in [0.5, 0.6) is 5.75 Å². The minimum absolute atomic E-state index is 0.0447. The Kier molecular flexibility index (Phi) is 4.05. The first-order valence-electron chi connectivity index (χ1n) is 4.35. The molecular weight excluding hydrogens is 201 g/mol. The summed E-state index contributed by atoms with van der Waals surface area (Å²) in [6.07, 6.45) is 0. The summed E-state index contributed by atoms with van der Waals surface area (Å²) in [6, 6.07) is 4.00. The van der Waals surface area contributed by atoms with Crippen LogP contribution in [-0.2, 0) is 16.1 Å². The van der Waals surface area contributed by atoms with Gasteiger partial charge in [0, 0.05) is 5.56 Å². The molecule has 0 spiro atoms. The second kappa shape index (κ2) is 5.31. The van der Waals surface area contributed by atoms with Gasteiger partial charge in [-0.2, -0.15) is 0 Å². The molecule has 0 radical (unpaired) electrons. The molecule has 0 saturated heterocycles. The Morgan fingerprint density at radius 1 is 1.53 bits per heavy atom.